The van der Waals surface area contributed by atoms with Gasteiger partial charge in [-0.2, -0.15) is 0 Å². The van der Waals surface area contributed by atoms with Gasteiger partial charge < -0.3 is 20.2 Å². The number of hydrogen-bond donors (Lipinski definition) is 2. The molecule has 0 aromatic heterocycles. The van der Waals surface area contributed by atoms with Crippen molar-refractivity contribution < 1.29 is 18.7 Å². The summed E-state index contributed by atoms with van der Waals surface area (Å²) in [5.74, 6) is 0.0682. The van der Waals surface area contributed by atoms with Crippen LogP contribution >= 0.6 is 0 Å². The van der Waals surface area contributed by atoms with Crippen LogP contribution in [0, 0.1) is 24.2 Å². The zero-order valence-corrected chi connectivity index (χ0v) is 17.6. The summed E-state index contributed by atoms with van der Waals surface area (Å²) >= 11 is 0. The van der Waals surface area contributed by atoms with E-state index >= 15 is 0 Å². The molecular weight excluding hydrogens is 411 g/mol. The number of carbonyl (C=O) groups excluding carboxylic acids is 2. The highest BCUT2D eigenvalue weighted by Gasteiger charge is 2.75. The Morgan fingerprint density at radius 1 is 1.28 bits per heavy atom. The minimum absolute atomic E-state index is 0.204. The average Bonchev–Trinajstić information content (AvgIpc) is 3.09. The van der Waals surface area contributed by atoms with Crippen LogP contribution < -0.4 is 15.5 Å². The van der Waals surface area contributed by atoms with Crippen LogP contribution in [0.15, 0.2) is 42.5 Å². The summed E-state index contributed by atoms with van der Waals surface area (Å²) in [6.07, 6.45) is -1.04. The molecule has 0 radical (unpaired) electrons. The molecule has 0 spiro atoms. The molecule has 2 heterocycles. The molecular formula is C24H23FN4O3. The van der Waals surface area contributed by atoms with E-state index in [0.717, 1.165) is 24.2 Å². The lowest BCUT2D eigenvalue weighted by Gasteiger charge is -2.15. The molecule has 5 rings (SSSR count). The van der Waals surface area contributed by atoms with E-state index in [1.807, 2.05) is 24.3 Å². The lowest BCUT2D eigenvalue weighted by molar-refractivity contribution is -0.119. The second-order valence-corrected chi connectivity index (χ2v) is 8.60. The standard InChI is InChI=1S/C24H23FN4O3/c1-14(30)28-10-18-13-29(23(31)32-18)17-7-8-19(22(25)9-17)15-3-5-16(6-4-15)24(26-2)20-11-27-12-21(20)24/h3-9,18,20-21,27H,10-13H2,1H3,(H,28,30)/t18-,20-,21+,24?/m0/s1. The number of ether oxygens (including phenoxy) is 1. The molecule has 4 atom stereocenters. The number of nitrogens with one attached hydrogen (secondary N) is 2. The molecule has 1 unspecified atom stereocenters. The van der Waals surface area contributed by atoms with E-state index in [1.165, 1.54) is 17.9 Å². The van der Waals surface area contributed by atoms with E-state index in [0.29, 0.717) is 23.1 Å². The second kappa shape index (κ2) is 7.61. The van der Waals surface area contributed by atoms with Crippen molar-refractivity contribution in [3.63, 3.8) is 0 Å². The van der Waals surface area contributed by atoms with E-state index in [2.05, 4.69) is 15.5 Å². The molecule has 0 bridgehead atoms. The topological polar surface area (TPSA) is 75.0 Å². The van der Waals surface area contributed by atoms with E-state index in [4.69, 9.17) is 11.3 Å². The number of hydrogen-bond acceptors (Lipinski definition) is 4. The van der Waals surface area contributed by atoms with Gasteiger partial charge in [0, 0.05) is 31.1 Å². The molecule has 2 aliphatic heterocycles. The fourth-order valence-electron chi connectivity index (χ4n) is 5.09. The third-order valence-electron chi connectivity index (χ3n) is 6.80. The van der Waals surface area contributed by atoms with Gasteiger partial charge in [-0.1, -0.05) is 24.3 Å². The molecule has 1 saturated carbocycles. The monoisotopic (exact) mass is 434 g/mol. The smallest absolute Gasteiger partial charge is 0.414 e. The number of fused-ring (bicyclic) bond motifs is 1. The Hall–Kier alpha value is -3.44. The van der Waals surface area contributed by atoms with Gasteiger partial charge in [0.05, 0.1) is 30.6 Å². The third kappa shape index (κ3) is 3.21. The zero-order valence-electron chi connectivity index (χ0n) is 17.6. The first-order chi connectivity index (χ1) is 15.4. The Kier molecular flexibility index (Phi) is 4.86. The van der Waals surface area contributed by atoms with Crippen LogP contribution in [0.3, 0.4) is 0 Å². The molecule has 2 aromatic carbocycles. The van der Waals surface area contributed by atoms with Gasteiger partial charge in [0.2, 0.25) is 5.91 Å². The number of piperidine rings is 1. The zero-order chi connectivity index (χ0) is 22.5. The van der Waals surface area contributed by atoms with Crippen molar-refractivity contribution in [1.29, 1.82) is 0 Å². The first-order valence-electron chi connectivity index (χ1n) is 10.7. The van der Waals surface area contributed by atoms with Crippen LogP contribution in [-0.4, -0.2) is 44.3 Å². The van der Waals surface area contributed by atoms with Crippen molar-refractivity contribution >= 4 is 17.7 Å². The first kappa shape index (κ1) is 20.5. The van der Waals surface area contributed by atoms with Crippen molar-refractivity contribution in [2.24, 2.45) is 11.8 Å². The second-order valence-electron chi connectivity index (χ2n) is 8.60. The maximum atomic E-state index is 15.0. The molecule has 2 N–H and O–H groups in total. The molecule has 2 aromatic rings. The molecule has 3 fully saturated rings. The number of benzene rings is 2. The Morgan fingerprint density at radius 3 is 2.62 bits per heavy atom. The van der Waals surface area contributed by atoms with E-state index in [9.17, 15) is 14.0 Å². The van der Waals surface area contributed by atoms with E-state index in [-0.39, 0.29) is 19.0 Å². The molecule has 7 nitrogen and oxygen atoms in total. The van der Waals surface area contributed by atoms with Crippen LogP contribution in [0.1, 0.15) is 12.5 Å². The quantitative estimate of drug-likeness (QED) is 0.710. The van der Waals surface area contributed by atoms with Gasteiger partial charge in [-0.25, -0.2) is 15.8 Å². The number of cyclic esters (lactones) is 1. The van der Waals surface area contributed by atoms with Gasteiger partial charge in [0.1, 0.15) is 11.9 Å². The summed E-state index contributed by atoms with van der Waals surface area (Å²) in [7, 11) is 0. The summed E-state index contributed by atoms with van der Waals surface area (Å²) in [6.45, 7) is 11.3. The third-order valence-corrected chi connectivity index (χ3v) is 6.80. The largest absolute Gasteiger partial charge is 0.442 e. The predicted octanol–water partition coefficient (Wildman–Crippen LogP) is 2.92. The summed E-state index contributed by atoms with van der Waals surface area (Å²) in [6, 6.07) is 12.2. The molecule has 2 amide bonds. The highest BCUT2D eigenvalue weighted by molar-refractivity contribution is 5.90. The van der Waals surface area contributed by atoms with Crippen LogP contribution in [0.5, 0.6) is 0 Å². The van der Waals surface area contributed by atoms with Crippen LogP contribution in [0.2, 0.25) is 0 Å². The lowest BCUT2D eigenvalue weighted by atomic mass is 9.96. The number of anilines is 1. The van der Waals surface area contributed by atoms with Gasteiger partial charge in [-0.05, 0) is 23.8 Å². The van der Waals surface area contributed by atoms with Gasteiger partial charge in [-0.3, -0.25) is 9.69 Å². The summed E-state index contributed by atoms with van der Waals surface area (Å²) in [5.41, 5.74) is 2.11. The van der Waals surface area contributed by atoms with Crippen LogP contribution in [-0.2, 0) is 15.1 Å². The highest BCUT2D eigenvalue weighted by Crippen LogP contribution is 2.62. The Morgan fingerprint density at radius 2 is 2.00 bits per heavy atom. The minimum Gasteiger partial charge on any atom is -0.442 e. The van der Waals surface area contributed by atoms with Crippen LogP contribution in [0.4, 0.5) is 14.9 Å². The van der Waals surface area contributed by atoms with Gasteiger partial charge in [0.15, 0.2) is 0 Å². The fourth-order valence-corrected chi connectivity index (χ4v) is 5.09. The van der Waals surface area contributed by atoms with Crippen molar-refractivity contribution in [3.05, 3.63) is 65.3 Å². The van der Waals surface area contributed by atoms with Gasteiger partial charge in [-0.15, -0.1) is 0 Å². The van der Waals surface area contributed by atoms with Gasteiger partial charge in [0.25, 0.3) is 5.54 Å². The highest BCUT2D eigenvalue weighted by atomic mass is 19.1. The normalized spacial score (nSPS) is 28.1. The Labute approximate surface area is 185 Å². The summed E-state index contributed by atoms with van der Waals surface area (Å²) in [4.78, 5) is 28.6. The molecule has 8 heteroatoms. The maximum absolute atomic E-state index is 15.0. The predicted molar refractivity (Wildman–Crippen MR) is 116 cm³/mol. The van der Waals surface area contributed by atoms with Crippen molar-refractivity contribution in [1.82, 2.24) is 10.6 Å². The summed E-state index contributed by atoms with van der Waals surface area (Å²) < 4.78 is 20.2. The number of amides is 2. The fraction of sp³-hybridized carbons (Fsp3) is 0.375. The van der Waals surface area contributed by atoms with Crippen LogP contribution in [0.25, 0.3) is 16.0 Å². The van der Waals surface area contributed by atoms with E-state index in [1.54, 1.807) is 12.1 Å². The number of nitrogens with zero attached hydrogens (tertiary/aromatic N) is 2. The number of rotatable bonds is 5. The molecule has 2 saturated heterocycles. The van der Waals surface area contributed by atoms with Crippen molar-refractivity contribution in [2.45, 2.75) is 18.6 Å². The van der Waals surface area contributed by atoms with Crippen molar-refractivity contribution in [2.75, 3.05) is 31.1 Å². The van der Waals surface area contributed by atoms with E-state index < -0.39 is 23.6 Å². The molecule has 3 aliphatic rings. The van der Waals surface area contributed by atoms with Gasteiger partial charge >= 0.3 is 6.09 Å². The average molecular weight is 434 g/mol. The lowest BCUT2D eigenvalue weighted by Crippen LogP contribution is -2.33. The SMILES string of the molecule is [C-]#[N+]C1(c2ccc(-c3ccc(N4C[C@H](CNC(C)=O)OC4=O)cc3F)cc2)[C@@H]2CNC[C@@H]21. The minimum atomic E-state index is -0.564. The van der Waals surface area contributed by atoms with Crippen molar-refractivity contribution in [3.8, 4) is 11.1 Å². The molecule has 32 heavy (non-hydrogen) atoms. The Balaban J connectivity index is 1.32. The number of carbonyl (C=O) groups is 2. The first-order valence-corrected chi connectivity index (χ1v) is 10.7. The molecule has 1 aliphatic carbocycles. The Bertz CT molecular complexity index is 1120. The summed E-state index contributed by atoms with van der Waals surface area (Å²) in [5, 5.41) is 5.94. The number of halogens is 1. The maximum Gasteiger partial charge on any atom is 0.414 e. The molecule has 164 valence electrons.